The zero-order chi connectivity index (χ0) is 14.3. The van der Waals surface area contributed by atoms with Crippen molar-refractivity contribution < 1.29 is 24.5 Å². The lowest BCUT2D eigenvalue weighted by atomic mass is 10.2. The van der Waals surface area contributed by atoms with Crippen LogP contribution in [0.25, 0.3) is 0 Å². The van der Waals surface area contributed by atoms with E-state index in [1.807, 2.05) is 6.92 Å². The number of urea groups is 1. The third-order valence-corrected chi connectivity index (χ3v) is 2.25. The van der Waals surface area contributed by atoms with Gasteiger partial charge in [0.25, 0.3) is 0 Å². The van der Waals surface area contributed by atoms with Crippen molar-refractivity contribution in [2.45, 2.75) is 6.92 Å². The Balaban J connectivity index is 2.59. The molecule has 1 rings (SSSR count). The third-order valence-electron chi connectivity index (χ3n) is 2.25. The highest BCUT2D eigenvalue weighted by molar-refractivity contribution is 5.97. The first-order valence-electron chi connectivity index (χ1n) is 5.74. The fraction of sp³-hybridized carbons (Fsp3) is 0.333. The van der Waals surface area contributed by atoms with Gasteiger partial charge in [-0.1, -0.05) is 6.07 Å². The Morgan fingerprint density at radius 3 is 2.74 bits per heavy atom. The standard InChI is InChI=1S/C12H16N2O5/c1-2-19-7-6-13-12(18)14-9-5-3-4-8(10(9)15)11(16)17/h3-5,15H,2,6-7H2,1H3,(H,16,17)(H2,13,14,18). The van der Waals surface area contributed by atoms with Crippen LogP contribution in [0.3, 0.4) is 0 Å². The second-order valence-electron chi connectivity index (χ2n) is 3.58. The van der Waals surface area contributed by atoms with E-state index in [9.17, 15) is 14.7 Å². The summed E-state index contributed by atoms with van der Waals surface area (Å²) in [5.41, 5.74) is -0.235. The third kappa shape index (κ3) is 4.47. The molecule has 7 nitrogen and oxygen atoms in total. The molecule has 0 unspecified atom stereocenters. The van der Waals surface area contributed by atoms with Gasteiger partial charge in [-0.3, -0.25) is 0 Å². The van der Waals surface area contributed by atoms with Gasteiger partial charge < -0.3 is 25.6 Å². The number of carbonyl (C=O) groups excluding carboxylic acids is 1. The zero-order valence-electron chi connectivity index (χ0n) is 10.5. The van der Waals surface area contributed by atoms with Gasteiger partial charge in [0, 0.05) is 13.2 Å². The van der Waals surface area contributed by atoms with Crippen LogP contribution in [0.5, 0.6) is 5.75 Å². The van der Waals surface area contributed by atoms with E-state index < -0.39 is 17.7 Å². The normalized spacial score (nSPS) is 9.95. The topological polar surface area (TPSA) is 108 Å². The van der Waals surface area contributed by atoms with Gasteiger partial charge >= 0.3 is 12.0 Å². The Hall–Kier alpha value is -2.28. The number of para-hydroxylation sites is 1. The molecule has 4 N–H and O–H groups in total. The van der Waals surface area contributed by atoms with Crippen LogP contribution in [0.15, 0.2) is 18.2 Å². The number of hydrogen-bond acceptors (Lipinski definition) is 4. The van der Waals surface area contributed by atoms with Crippen LogP contribution in [0, 0.1) is 0 Å². The van der Waals surface area contributed by atoms with E-state index in [0.717, 1.165) is 0 Å². The zero-order valence-corrected chi connectivity index (χ0v) is 10.5. The summed E-state index contributed by atoms with van der Waals surface area (Å²) in [4.78, 5) is 22.3. The Bertz CT molecular complexity index is 461. The molecule has 0 saturated heterocycles. The van der Waals surface area contributed by atoms with E-state index in [1.165, 1.54) is 18.2 Å². The number of nitrogens with one attached hydrogen (secondary N) is 2. The molecule has 19 heavy (non-hydrogen) atoms. The van der Waals surface area contributed by atoms with Gasteiger partial charge in [0.15, 0.2) is 5.75 Å². The number of amides is 2. The van der Waals surface area contributed by atoms with Crippen molar-refractivity contribution in [3.05, 3.63) is 23.8 Å². The lowest BCUT2D eigenvalue weighted by molar-refractivity contribution is 0.0693. The SMILES string of the molecule is CCOCCNC(=O)Nc1cccc(C(=O)O)c1O. The fourth-order valence-corrected chi connectivity index (χ4v) is 1.36. The molecule has 0 aliphatic rings. The predicted octanol–water partition coefficient (Wildman–Crippen LogP) is 1.25. The summed E-state index contributed by atoms with van der Waals surface area (Å²) in [7, 11) is 0. The van der Waals surface area contributed by atoms with Crippen LogP contribution in [-0.4, -0.2) is 42.0 Å². The molecule has 0 spiro atoms. The van der Waals surface area contributed by atoms with Crippen LogP contribution in [0.1, 0.15) is 17.3 Å². The quantitative estimate of drug-likeness (QED) is 0.458. The summed E-state index contributed by atoms with van der Waals surface area (Å²) in [5.74, 6) is -1.74. The van der Waals surface area contributed by atoms with Crippen LogP contribution in [0.4, 0.5) is 10.5 Å². The highest BCUT2D eigenvalue weighted by atomic mass is 16.5. The average molecular weight is 268 g/mol. The molecule has 104 valence electrons. The Morgan fingerprint density at radius 1 is 1.37 bits per heavy atom. The van der Waals surface area contributed by atoms with Gasteiger partial charge in [-0.25, -0.2) is 9.59 Å². The molecular formula is C12H16N2O5. The number of hydrogen-bond donors (Lipinski definition) is 4. The first-order valence-corrected chi connectivity index (χ1v) is 5.74. The van der Waals surface area contributed by atoms with Crippen molar-refractivity contribution in [1.29, 1.82) is 0 Å². The number of phenols is 1. The molecular weight excluding hydrogens is 252 g/mol. The molecule has 2 amide bonds. The lowest BCUT2D eigenvalue weighted by Gasteiger charge is -2.10. The molecule has 0 fully saturated rings. The molecule has 0 radical (unpaired) electrons. The number of anilines is 1. The van der Waals surface area contributed by atoms with Gasteiger partial charge in [-0.05, 0) is 19.1 Å². The number of aromatic hydroxyl groups is 1. The minimum Gasteiger partial charge on any atom is -0.505 e. The van der Waals surface area contributed by atoms with Gasteiger partial charge in [0.05, 0.1) is 12.3 Å². The molecule has 0 aliphatic carbocycles. The van der Waals surface area contributed by atoms with E-state index >= 15 is 0 Å². The van der Waals surface area contributed by atoms with Crippen LogP contribution in [0.2, 0.25) is 0 Å². The van der Waals surface area contributed by atoms with Crippen LogP contribution in [-0.2, 0) is 4.74 Å². The molecule has 1 aromatic carbocycles. The molecule has 0 atom stereocenters. The number of carboxylic acids is 1. The number of carbonyl (C=O) groups is 2. The van der Waals surface area contributed by atoms with Gasteiger partial charge in [0.2, 0.25) is 0 Å². The Labute approximate surface area is 110 Å². The number of ether oxygens (including phenoxy) is 1. The van der Waals surface area contributed by atoms with Crippen molar-refractivity contribution in [2.24, 2.45) is 0 Å². The summed E-state index contributed by atoms with van der Waals surface area (Å²) in [5, 5.41) is 23.4. The monoisotopic (exact) mass is 268 g/mol. The predicted molar refractivity (Wildman–Crippen MR) is 68.6 cm³/mol. The Morgan fingerprint density at radius 2 is 2.11 bits per heavy atom. The van der Waals surface area contributed by atoms with Crippen molar-refractivity contribution in [3.63, 3.8) is 0 Å². The van der Waals surface area contributed by atoms with E-state index in [2.05, 4.69) is 10.6 Å². The number of rotatable bonds is 6. The molecule has 0 heterocycles. The van der Waals surface area contributed by atoms with Crippen LogP contribution < -0.4 is 10.6 Å². The van der Waals surface area contributed by atoms with E-state index in [-0.39, 0.29) is 11.3 Å². The minimum absolute atomic E-state index is 0.0359. The first kappa shape index (κ1) is 14.8. The summed E-state index contributed by atoms with van der Waals surface area (Å²) in [6, 6.07) is 3.54. The number of carboxylic acid groups (broad SMARTS) is 1. The molecule has 0 saturated carbocycles. The largest absolute Gasteiger partial charge is 0.505 e. The first-order chi connectivity index (χ1) is 9.06. The summed E-state index contributed by atoms with van der Waals surface area (Å²) in [6.07, 6.45) is 0. The molecule has 1 aromatic rings. The maximum Gasteiger partial charge on any atom is 0.339 e. The number of benzene rings is 1. The summed E-state index contributed by atoms with van der Waals surface area (Å²) < 4.78 is 5.04. The minimum atomic E-state index is -1.27. The van der Waals surface area contributed by atoms with Crippen molar-refractivity contribution in [3.8, 4) is 5.75 Å². The average Bonchev–Trinajstić information content (AvgIpc) is 2.37. The van der Waals surface area contributed by atoms with E-state index in [4.69, 9.17) is 9.84 Å². The lowest BCUT2D eigenvalue weighted by Crippen LogP contribution is -2.31. The number of aromatic carboxylic acids is 1. The highest BCUT2D eigenvalue weighted by Gasteiger charge is 2.14. The highest BCUT2D eigenvalue weighted by Crippen LogP contribution is 2.27. The maximum atomic E-state index is 11.5. The van der Waals surface area contributed by atoms with Crippen molar-refractivity contribution in [2.75, 3.05) is 25.1 Å². The summed E-state index contributed by atoms with van der Waals surface area (Å²) in [6.45, 7) is 3.10. The Kier molecular flexibility index (Phi) is 5.62. The second-order valence-corrected chi connectivity index (χ2v) is 3.58. The van der Waals surface area contributed by atoms with Crippen molar-refractivity contribution in [1.82, 2.24) is 5.32 Å². The van der Waals surface area contributed by atoms with Gasteiger partial charge in [0.1, 0.15) is 5.56 Å². The second kappa shape index (κ2) is 7.22. The fourth-order valence-electron chi connectivity index (χ4n) is 1.36. The molecule has 7 heteroatoms. The van der Waals surface area contributed by atoms with Gasteiger partial charge in [-0.2, -0.15) is 0 Å². The molecule has 0 bridgehead atoms. The van der Waals surface area contributed by atoms with E-state index in [0.29, 0.717) is 19.8 Å². The molecule has 0 aromatic heterocycles. The molecule has 0 aliphatic heterocycles. The van der Waals surface area contributed by atoms with Crippen LogP contribution >= 0.6 is 0 Å². The van der Waals surface area contributed by atoms with Crippen molar-refractivity contribution >= 4 is 17.7 Å². The maximum absolute atomic E-state index is 11.5. The smallest absolute Gasteiger partial charge is 0.339 e. The van der Waals surface area contributed by atoms with E-state index in [1.54, 1.807) is 0 Å². The van der Waals surface area contributed by atoms with Gasteiger partial charge in [-0.15, -0.1) is 0 Å². The summed E-state index contributed by atoms with van der Waals surface area (Å²) >= 11 is 0.